The van der Waals surface area contributed by atoms with Crippen molar-refractivity contribution in [3.05, 3.63) is 59.9 Å². The van der Waals surface area contributed by atoms with Crippen LogP contribution >= 0.6 is 0 Å². The van der Waals surface area contributed by atoms with Crippen molar-refractivity contribution in [3.8, 4) is 0 Å². The highest BCUT2D eigenvalue weighted by Gasteiger charge is 2.23. The molecule has 1 aliphatic carbocycles. The molecule has 3 rings (SSSR count). The van der Waals surface area contributed by atoms with E-state index in [0.29, 0.717) is 6.54 Å². The SMILES string of the molecule is O=C(COC(=O)/C=C/c1cnn(Cc2ccccc2)c1)NC1CC1. The molecule has 1 fully saturated rings. The van der Waals surface area contributed by atoms with Gasteiger partial charge >= 0.3 is 5.97 Å². The van der Waals surface area contributed by atoms with Crippen LogP contribution in [0.1, 0.15) is 24.0 Å². The number of hydrogen-bond donors (Lipinski definition) is 1. The standard InChI is InChI=1S/C18H19N3O3/c22-17(20-16-7-8-16)13-24-18(23)9-6-15-10-19-21(12-15)11-14-4-2-1-3-5-14/h1-6,9-10,12,16H,7-8,11,13H2,(H,20,22)/b9-6+. The van der Waals surface area contributed by atoms with E-state index in [0.717, 1.165) is 24.0 Å². The smallest absolute Gasteiger partial charge is 0.331 e. The highest BCUT2D eigenvalue weighted by molar-refractivity contribution is 5.89. The van der Waals surface area contributed by atoms with Crippen LogP contribution in [-0.2, 0) is 20.9 Å². The number of esters is 1. The van der Waals surface area contributed by atoms with Crippen molar-refractivity contribution in [2.75, 3.05) is 6.61 Å². The first kappa shape index (κ1) is 16.0. The fourth-order valence-corrected chi connectivity index (χ4v) is 2.17. The van der Waals surface area contributed by atoms with Crippen LogP contribution in [-0.4, -0.2) is 34.3 Å². The Hall–Kier alpha value is -2.89. The molecule has 6 nitrogen and oxygen atoms in total. The van der Waals surface area contributed by atoms with E-state index in [1.807, 2.05) is 36.5 Å². The molecule has 0 unspecified atom stereocenters. The molecular weight excluding hydrogens is 306 g/mol. The Kier molecular flexibility index (Phi) is 5.05. The Labute approximate surface area is 140 Å². The molecule has 1 N–H and O–H groups in total. The van der Waals surface area contributed by atoms with Gasteiger partial charge in [-0.05, 0) is 24.5 Å². The highest BCUT2D eigenvalue weighted by atomic mass is 16.5. The number of nitrogens with zero attached hydrogens (tertiary/aromatic N) is 2. The molecule has 0 saturated heterocycles. The molecule has 1 aromatic heterocycles. The first-order valence-corrected chi connectivity index (χ1v) is 7.89. The van der Waals surface area contributed by atoms with Crippen LogP contribution in [0.15, 0.2) is 48.8 Å². The summed E-state index contributed by atoms with van der Waals surface area (Å²) < 4.78 is 6.69. The molecule has 1 amide bonds. The van der Waals surface area contributed by atoms with Crippen molar-refractivity contribution in [3.63, 3.8) is 0 Å². The number of benzene rings is 1. The fourth-order valence-electron chi connectivity index (χ4n) is 2.17. The Bertz CT molecular complexity index is 733. The number of amides is 1. The van der Waals surface area contributed by atoms with Gasteiger partial charge in [0.1, 0.15) is 0 Å². The summed E-state index contributed by atoms with van der Waals surface area (Å²) in [6.45, 7) is 0.424. The molecule has 2 aromatic rings. The zero-order valence-corrected chi connectivity index (χ0v) is 13.2. The van der Waals surface area contributed by atoms with Gasteiger partial charge in [-0.2, -0.15) is 5.10 Å². The van der Waals surface area contributed by atoms with Crippen LogP contribution in [0.25, 0.3) is 6.08 Å². The first-order valence-electron chi connectivity index (χ1n) is 7.89. The van der Waals surface area contributed by atoms with E-state index >= 15 is 0 Å². The maximum Gasteiger partial charge on any atom is 0.331 e. The first-order chi connectivity index (χ1) is 11.7. The van der Waals surface area contributed by atoms with Gasteiger partial charge in [-0.3, -0.25) is 9.48 Å². The second-order valence-electron chi connectivity index (χ2n) is 5.74. The molecule has 1 saturated carbocycles. The van der Waals surface area contributed by atoms with Gasteiger partial charge in [-0.1, -0.05) is 30.3 Å². The molecule has 124 valence electrons. The van der Waals surface area contributed by atoms with Gasteiger partial charge in [-0.15, -0.1) is 0 Å². The minimum absolute atomic E-state index is 0.243. The van der Waals surface area contributed by atoms with E-state index in [1.165, 1.54) is 6.08 Å². The summed E-state index contributed by atoms with van der Waals surface area (Å²) in [6.07, 6.45) is 8.45. The quantitative estimate of drug-likeness (QED) is 0.622. The molecule has 0 spiro atoms. The van der Waals surface area contributed by atoms with Crippen molar-refractivity contribution in [2.24, 2.45) is 0 Å². The predicted molar refractivity (Wildman–Crippen MR) is 88.9 cm³/mol. The van der Waals surface area contributed by atoms with Crippen LogP contribution in [0.4, 0.5) is 0 Å². The van der Waals surface area contributed by atoms with Crippen LogP contribution in [0.3, 0.4) is 0 Å². The van der Waals surface area contributed by atoms with Crippen LogP contribution in [0.5, 0.6) is 0 Å². The molecular formula is C18H19N3O3. The van der Waals surface area contributed by atoms with E-state index < -0.39 is 5.97 Å². The number of nitrogens with one attached hydrogen (secondary N) is 1. The average Bonchev–Trinajstić information content (AvgIpc) is 3.29. The van der Waals surface area contributed by atoms with Crippen molar-refractivity contribution in [1.29, 1.82) is 0 Å². The zero-order chi connectivity index (χ0) is 16.8. The van der Waals surface area contributed by atoms with E-state index in [-0.39, 0.29) is 18.6 Å². The lowest BCUT2D eigenvalue weighted by atomic mass is 10.2. The monoisotopic (exact) mass is 325 g/mol. The molecule has 6 heteroatoms. The molecule has 1 aromatic carbocycles. The van der Waals surface area contributed by atoms with E-state index in [1.54, 1.807) is 17.0 Å². The molecule has 0 bridgehead atoms. The van der Waals surface area contributed by atoms with Gasteiger partial charge in [-0.25, -0.2) is 4.79 Å². The van der Waals surface area contributed by atoms with Gasteiger partial charge in [0, 0.05) is 23.9 Å². The van der Waals surface area contributed by atoms with E-state index in [9.17, 15) is 9.59 Å². The fraction of sp³-hybridized carbons (Fsp3) is 0.278. The predicted octanol–water partition coefficient (Wildman–Crippen LogP) is 1.77. The second kappa shape index (κ2) is 7.59. The third-order valence-corrected chi connectivity index (χ3v) is 3.54. The molecule has 24 heavy (non-hydrogen) atoms. The number of aromatic nitrogens is 2. The number of carbonyl (C=O) groups excluding carboxylic acids is 2. The summed E-state index contributed by atoms with van der Waals surface area (Å²) in [4.78, 5) is 23.0. The minimum Gasteiger partial charge on any atom is -0.452 e. The zero-order valence-electron chi connectivity index (χ0n) is 13.2. The average molecular weight is 325 g/mol. The second-order valence-corrected chi connectivity index (χ2v) is 5.74. The summed E-state index contributed by atoms with van der Waals surface area (Å²) in [5.74, 6) is -0.799. The van der Waals surface area contributed by atoms with E-state index in [2.05, 4.69) is 10.4 Å². The lowest BCUT2D eigenvalue weighted by molar-refractivity contribution is -0.143. The topological polar surface area (TPSA) is 73.2 Å². The van der Waals surface area contributed by atoms with Crippen LogP contribution < -0.4 is 5.32 Å². The van der Waals surface area contributed by atoms with Crippen molar-refractivity contribution in [2.45, 2.75) is 25.4 Å². The number of hydrogen-bond acceptors (Lipinski definition) is 4. The number of carbonyl (C=O) groups is 2. The summed E-state index contributed by atoms with van der Waals surface area (Å²) in [7, 11) is 0. The Balaban J connectivity index is 1.45. The third kappa shape index (κ3) is 5.08. The summed E-state index contributed by atoms with van der Waals surface area (Å²) in [6, 6.07) is 10.3. The van der Waals surface area contributed by atoms with Crippen LogP contribution in [0, 0.1) is 0 Å². The van der Waals surface area contributed by atoms with Gasteiger partial charge in [0.05, 0.1) is 12.7 Å². The largest absolute Gasteiger partial charge is 0.452 e. The van der Waals surface area contributed by atoms with Crippen LogP contribution in [0.2, 0.25) is 0 Å². The lowest BCUT2D eigenvalue weighted by Crippen LogP contribution is -2.30. The molecule has 1 heterocycles. The Morgan fingerprint density at radius 3 is 2.83 bits per heavy atom. The lowest BCUT2D eigenvalue weighted by Gasteiger charge is -2.02. The molecule has 0 radical (unpaired) electrons. The number of ether oxygens (including phenoxy) is 1. The normalized spacial score (nSPS) is 13.8. The molecule has 1 aliphatic rings. The van der Waals surface area contributed by atoms with E-state index in [4.69, 9.17) is 4.74 Å². The molecule has 0 atom stereocenters. The summed E-state index contributed by atoms with van der Waals surface area (Å²) >= 11 is 0. The van der Waals surface area contributed by atoms with Crippen molar-refractivity contribution in [1.82, 2.24) is 15.1 Å². The minimum atomic E-state index is -0.545. The Morgan fingerprint density at radius 2 is 2.08 bits per heavy atom. The number of rotatable bonds is 7. The summed E-state index contributed by atoms with van der Waals surface area (Å²) in [5.41, 5.74) is 1.95. The van der Waals surface area contributed by atoms with Gasteiger partial charge < -0.3 is 10.1 Å². The Morgan fingerprint density at radius 1 is 1.29 bits per heavy atom. The maximum atomic E-state index is 11.6. The van der Waals surface area contributed by atoms with Gasteiger partial charge in [0.2, 0.25) is 0 Å². The van der Waals surface area contributed by atoms with Crippen molar-refractivity contribution >= 4 is 18.0 Å². The van der Waals surface area contributed by atoms with Gasteiger partial charge in [0.15, 0.2) is 6.61 Å². The van der Waals surface area contributed by atoms with Crippen molar-refractivity contribution < 1.29 is 14.3 Å². The molecule has 0 aliphatic heterocycles. The summed E-state index contributed by atoms with van der Waals surface area (Å²) in [5, 5.41) is 7.01. The highest BCUT2D eigenvalue weighted by Crippen LogP contribution is 2.18. The van der Waals surface area contributed by atoms with Gasteiger partial charge in [0.25, 0.3) is 5.91 Å². The third-order valence-electron chi connectivity index (χ3n) is 3.54. The maximum absolute atomic E-state index is 11.6.